The number of likely N-dealkylation sites (tertiary alicyclic amines) is 1. The molecule has 8 heteroatoms. The van der Waals surface area contributed by atoms with E-state index in [0.717, 1.165) is 31.9 Å². The number of hydrogen-bond donors (Lipinski definition) is 3. The molecule has 0 spiro atoms. The summed E-state index contributed by atoms with van der Waals surface area (Å²) in [5.74, 6) is 1.38. The quantitative estimate of drug-likeness (QED) is 0.367. The number of nitrogens with one attached hydrogen (secondary N) is 2. The molecular formula is C19H29N5O3. The third-order valence-corrected chi connectivity index (χ3v) is 4.57. The van der Waals surface area contributed by atoms with Crippen molar-refractivity contribution in [2.75, 3.05) is 40.3 Å². The van der Waals surface area contributed by atoms with Crippen LogP contribution in [-0.2, 0) is 4.79 Å². The van der Waals surface area contributed by atoms with Crippen molar-refractivity contribution >= 4 is 17.8 Å². The number of methoxy groups -OCH3 is 1. The van der Waals surface area contributed by atoms with Gasteiger partial charge in [-0.05, 0) is 43.0 Å². The second kappa shape index (κ2) is 10.4. The van der Waals surface area contributed by atoms with Gasteiger partial charge in [0.1, 0.15) is 5.75 Å². The average molecular weight is 375 g/mol. The highest BCUT2D eigenvalue weighted by Gasteiger charge is 2.23. The van der Waals surface area contributed by atoms with Crippen molar-refractivity contribution in [1.82, 2.24) is 15.5 Å². The number of ether oxygens (including phenoxy) is 1. The molecule has 1 aliphatic heterocycles. The summed E-state index contributed by atoms with van der Waals surface area (Å²) in [5.41, 5.74) is 5.91. The van der Waals surface area contributed by atoms with Gasteiger partial charge in [0.05, 0.1) is 7.11 Å². The average Bonchev–Trinajstić information content (AvgIpc) is 2.67. The zero-order valence-electron chi connectivity index (χ0n) is 16.0. The summed E-state index contributed by atoms with van der Waals surface area (Å²) in [6, 6.07) is 6.97. The van der Waals surface area contributed by atoms with Gasteiger partial charge in [-0.3, -0.25) is 14.6 Å². The fourth-order valence-corrected chi connectivity index (χ4v) is 3.24. The van der Waals surface area contributed by atoms with Crippen molar-refractivity contribution in [3.05, 3.63) is 29.8 Å². The number of primary amides is 1. The zero-order valence-corrected chi connectivity index (χ0v) is 16.0. The number of nitrogens with zero attached hydrogens (tertiary/aromatic N) is 2. The molecule has 0 aromatic heterocycles. The number of benzene rings is 1. The topological polar surface area (TPSA) is 109 Å². The van der Waals surface area contributed by atoms with E-state index in [9.17, 15) is 9.59 Å². The number of nitrogens with two attached hydrogens (primary N) is 1. The van der Waals surface area contributed by atoms with Crippen LogP contribution in [0.4, 0.5) is 0 Å². The van der Waals surface area contributed by atoms with Crippen molar-refractivity contribution < 1.29 is 14.3 Å². The molecule has 1 saturated heterocycles. The zero-order chi connectivity index (χ0) is 19.6. The third kappa shape index (κ3) is 6.47. The number of carbonyl (C=O) groups excluding carboxylic acids is 2. The number of piperidine rings is 1. The van der Waals surface area contributed by atoms with E-state index < -0.39 is 0 Å². The van der Waals surface area contributed by atoms with E-state index in [4.69, 9.17) is 10.5 Å². The van der Waals surface area contributed by atoms with Gasteiger partial charge in [0, 0.05) is 45.2 Å². The van der Waals surface area contributed by atoms with Gasteiger partial charge in [0.2, 0.25) is 5.91 Å². The minimum Gasteiger partial charge on any atom is -0.497 e. The molecule has 1 fully saturated rings. The predicted octanol–water partition coefficient (Wildman–Crippen LogP) is 0.588. The fraction of sp³-hybridized carbons (Fsp3) is 0.526. The molecule has 0 radical (unpaired) electrons. The Bertz CT molecular complexity index is 660. The monoisotopic (exact) mass is 375 g/mol. The molecular weight excluding hydrogens is 346 g/mol. The van der Waals surface area contributed by atoms with E-state index in [0.29, 0.717) is 30.8 Å². The van der Waals surface area contributed by atoms with Gasteiger partial charge in [-0.1, -0.05) is 0 Å². The van der Waals surface area contributed by atoms with Crippen molar-refractivity contribution in [3.63, 3.8) is 0 Å². The summed E-state index contributed by atoms with van der Waals surface area (Å²) in [6.07, 6.45) is 2.42. The first-order valence-corrected chi connectivity index (χ1v) is 9.19. The van der Waals surface area contributed by atoms with Crippen LogP contribution in [-0.4, -0.2) is 63.0 Å². The van der Waals surface area contributed by atoms with Crippen LogP contribution in [0.5, 0.6) is 5.75 Å². The summed E-state index contributed by atoms with van der Waals surface area (Å²) in [4.78, 5) is 29.7. The standard InChI is InChI=1S/C19H29N5O3/c1-21-19(24-11-3-4-14(13-24)12-17(20)25)23-10-9-22-18(26)15-5-7-16(27-2)8-6-15/h5-8,14H,3-4,9-13H2,1-2H3,(H2,20,25)(H,21,23)(H,22,26). The number of aliphatic imine (C=N–C) groups is 1. The van der Waals surface area contributed by atoms with Gasteiger partial charge in [0.15, 0.2) is 5.96 Å². The van der Waals surface area contributed by atoms with E-state index in [-0.39, 0.29) is 17.7 Å². The molecule has 4 N–H and O–H groups in total. The molecule has 1 aromatic carbocycles. The van der Waals surface area contributed by atoms with Gasteiger partial charge in [-0.2, -0.15) is 0 Å². The normalized spacial score (nSPS) is 17.3. The lowest BCUT2D eigenvalue weighted by molar-refractivity contribution is -0.119. The van der Waals surface area contributed by atoms with Crippen LogP contribution < -0.4 is 21.1 Å². The Kier molecular flexibility index (Phi) is 7.91. The molecule has 2 amide bonds. The Labute approximate surface area is 160 Å². The molecule has 0 bridgehead atoms. The van der Waals surface area contributed by atoms with Crippen LogP contribution >= 0.6 is 0 Å². The second-order valence-corrected chi connectivity index (χ2v) is 6.58. The number of rotatable bonds is 7. The van der Waals surface area contributed by atoms with E-state index in [2.05, 4.69) is 20.5 Å². The first-order chi connectivity index (χ1) is 13.0. The van der Waals surface area contributed by atoms with Gasteiger partial charge in [0.25, 0.3) is 5.91 Å². The maximum Gasteiger partial charge on any atom is 0.251 e. The second-order valence-electron chi connectivity index (χ2n) is 6.58. The van der Waals surface area contributed by atoms with Crippen LogP contribution in [0.15, 0.2) is 29.3 Å². The Morgan fingerprint density at radius 3 is 2.59 bits per heavy atom. The SMILES string of the molecule is CN=C(NCCNC(=O)c1ccc(OC)cc1)N1CCCC(CC(N)=O)C1. The minimum atomic E-state index is -0.258. The van der Waals surface area contributed by atoms with Crippen LogP contribution in [0.3, 0.4) is 0 Å². The fourth-order valence-electron chi connectivity index (χ4n) is 3.24. The molecule has 1 aliphatic rings. The molecule has 8 nitrogen and oxygen atoms in total. The summed E-state index contributed by atoms with van der Waals surface area (Å²) < 4.78 is 5.09. The number of amides is 2. The molecule has 148 valence electrons. The molecule has 27 heavy (non-hydrogen) atoms. The first-order valence-electron chi connectivity index (χ1n) is 9.19. The number of guanidine groups is 1. The van der Waals surface area contributed by atoms with Gasteiger partial charge < -0.3 is 26.0 Å². The molecule has 0 saturated carbocycles. The maximum absolute atomic E-state index is 12.1. The lowest BCUT2D eigenvalue weighted by Gasteiger charge is -2.34. The molecule has 2 rings (SSSR count). The summed E-state index contributed by atoms with van der Waals surface area (Å²) in [5, 5.41) is 6.14. The first kappa shape index (κ1) is 20.5. The third-order valence-electron chi connectivity index (χ3n) is 4.57. The molecule has 1 aromatic rings. The minimum absolute atomic E-state index is 0.131. The Hall–Kier alpha value is -2.77. The Morgan fingerprint density at radius 1 is 1.26 bits per heavy atom. The van der Waals surface area contributed by atoms with Crippen LogP contribution in [0.2, 0.25) is 0 Å². The maximum atomic E-state index is 12.1. The molecule has 1 heterocycles. The highest BCUT2D eigenvalue weighted by Crippen LogP contribution is 2.19. The summed E-state index contributed by atoms with van der Waals surface area (Å²) >= 11 is 0. The highest BCUT2D eigenvalue weighted by atomic mass is 16.5. The van der Waals surface area contributed by atoms with Crippen molar-refractivity contribution in [1.29, 1.82) is 0 Å². The lowest BCUT2D eigenvalue weighted by Crippen LogP contribution is -2.48. The van der Waals surface area contributed by atoms with Gasteiger partial charge in [-0.25, -0.2) is 0 Å². The highest BCUT2D eigenvalue weighted by molar-refractivity contribution is 5.94. The van der Waals surface area contributed by atoms with Crippen LogP contribution in [0, 0.1) is 5.92 Å². The number of carbonyl (C=O) groups is 2. The van der Waals surface area contributed by atoms with Crippen molar-refractivity contribution in [2.45, 2.75) is 19.3 Å². The van der Waals surface area contributed by atoms with Crippen molar-refractivity contribution in [2.24, 2.45) is 16.6 Å². The Morgan fingerprint density at radius 2 is 1.96 bits per heavy atom. The van der Waals surface area contributed by atoms with Crippen molar-refractivity contribution in [3.8, 4) is 5.75 Å². The summed E-state index contributed by atoms with van der Waals surface area (Å²) in [6.45, 7) is 2.70. The van der Waals surface area contributed by atoms with Gasteiger partial charge >= 0.3 is 0 Å². The molecule has 1 unspecified atom stereocenters. The van der Waals surface area contributed by atoms with E-state index >= 15 is 0 Å². The summed E-state index contributed by atoms with van der Waals surface area (Å²) in [7, 11) is 3.32. The van der Waals surface area contributed by atoms with E-state index in [1.807, 2.05) is 0 Å². The van der Waals surface area contributed by atoms with E-state index in [1.54, 1.807) is 38.4 Å². The van der Waals surface area contributed by atoms with Gasteiger partial charge in [-0.15, -0.1) is 0 Å². The Balaban J connectivity index is 1.75. The van der Waals surface area contributed by atoms with Crippen LogP contribution in [0.25, 0.3) is 0 Å². The number of hydrogen-bond acceptors (Lipinski definition) is 4. The molecule has 1 atom stereocenters. The molecule has 0 aliphatic carbocycles. The largest absolute Gasteiger partial charge is 0.497 e. The van der Waals surface area contributed by atoms with Crippen LogP contribution in [0.1, 0.15) is 29.6 Å². The van der Waals surface area contributed by atoms with E-state index in [1.165, 1.54) is 0 Å². The smallest absolute Gasteiger partial charge is 0.251 e. The predicted molar refractivity (Wildman–Crippen MR) is 105 cm³/mol. The lowest BCUT2D eigenvalue weighted by atomic mass is 9.95.